The van der Waals surface area contributed by atoms with E-state index in [0.29, 0.717) is 0 Å². The highest BCUT2D eigenvalue weighted by Gasteiger charge is 2.23. The molecule has 0 aliphatic carbocycles. The standard InChI is InChI=1S/C52H54N4/c1-49(2,3)33-15-19-43-39(25-33)40-26-34(50(4,5)6)16-20-44(40)55(43)37-23-31-13-14-32-24-38(30-54-48(32)47(31)53-29-37)56-45-21-17-35(51(7,8)9)27-41(45)42-28-36(52(10,11)12)18-22-46(42)56/h13-30H,1-12H3. The van der Waals surface area contributed by atoms with Gasteiger partial charge in [0.15, 0.2) is 0 Å². The predicted octanol–water partition coefficient (Wildman–Crippen LogP) is 14.2. The van der Waals surface area contributed by atoms with Crippen molar-refractivity contribution >= 4 is 65.4 Å². The number of rotatable bonds is 2. The third-order valence-electron chi connectivity index (χ3n) is 12.0. The number of hydrogen-bond donors (Lipinski definition) is 0. The van der Waals surface area contributed by atoms with Crippen molar-refractivity contribution in [3.8, 4) is 11.4 Å². The molecule has 0 spiro atoms. The van der Waals surface area contributed by atoms with E-state index in [1.54, 1.807) is 0 Å². The van der Waals surface area contributed by atoms with Crippen LogP contribution in [0.1, 0.15) is 105 Å². The molecule has 0 unspecified atom stereocenters. The normalized spacial score (nSPS) is 13.4. The summed E-state index contributed by atoms with van der Waals surface area (Å²) in [4.78, 5) is 10.3. The van der Waals surface area contributed by atoms with E-state index >= 15 is 0 Å². The van der Waals surface area contributed by atoms with E-state index in [1.807, 2.05) is 12.4 Å². The van der Waals surface area contributed by atoms with Crippen molar-refractivity contribution in [2.24, 2.45) is 0 Å². The first-order valence-corrected chi connectivity index (χ1v) is 20.2. The lowest BCUT2D eigenvalue weighted by molar-refractivity contribution is 0.590. The van der Waals surface area contributed by atoms with E-state index in [4.69, 9.17) is 9.97 Å². The van der Waals surface area contributed by atoms with Gasteiger partial charge in [0.05, 0.1) is 56.9 Å². The Hall–Kier alpha value is -5.48. The maximum absolute atomic E-state index is 5.16. The molecule has 0 amide bonds. The Morgan fingerprint density at radius 1 is 0.339 bits per heavy atom. The van der Waals surface area contributed by atoms with Crippen LogP contribution < -0.4 is 0 Å². The van der Waals surface area contributed by atoms with E-state index in [2.05, 4.69) is 189 Å². The zero-order valence-corrected chi connectivity index (χ0v) is 35.2. The molecule has 0 N–H and O–H groups in total. The minimum Gasteiger partial charge on any atom is -0.308 e. The molecule has 9 aromatic rings. The van der Waals surface area contributed by atoms with E-state index in [-0.39, 0.29) is 21.7 Å². The minimum atomic E-state index is 0.0514. The third-order valence-corrected chi connectivity index (χ3v) is 12.0. The van der Waals surface area contributed by atoms with Gasteiger partial charge in [0.1, 0.15) is 0 Å². The Kier molecular flexibility index (Phi) is 7.76. The number of pyridine rings is 2. The molecule has 282 valence electrons. The molecule has 0 radical (unpaired) electrons. The summed E-state index contributed by atoms with van der Waals surface area (Å²) in [5, 5.41) is 7.26. The van der Waals surface area contributed by atoms with Crippen molar-refractivity contribution in [2.75, 3.05) is 0 Å². The quantitative estimate of drug-likeness (QED) is 0.166. The number of aromatic nitrogens is 4. The maximum atomic E-state index is 5.16. The fourth-order valence-electron chi connectivity index (χ4n) is 8.48. The molecule has 4 heterocycles. The van der Waals surface area contributed by atoms with Crippen molar-refractivity contribution in [1.29, 1.82) is 0 Å². The van der Waals surface area contributed by atoms with Gasteiger partial charge in [0, 0.05) is 32.3 Å². The molecule has 4 aromatic heterocycles. The van der Waals surface area contributed by atoms with Crippen molar-refractivity contribution < 1.29 is 0 Å². The number of benzene rings is 5. The van der Waals surface area contributed by atoms with Gasteiger partial charge >= 0.3 is 0 Å². The molecule has 0 bridgehead atoms. The number of fused-ring (bicyclic) bond motifs is 9. The highest BCUT2D eigenvalue weighted by Crippen LogP contribution is 2.40. The SMILES string of the molecule is CC(C)(C)c1ccc2c(c1)c1cc(C(C)(C)C)ccc1n2-c1cnc2c(ccc3cc(-n4c5ccc(C(C)(C)C)cc5c5cc(C(C)(C)C)ccc54)cnc32)c1. The lowest BCUT2D eigenvalue weighted by atomic mass is 9.85. The van der Waals surface area contributed by atoms with Crippen LogP contribution in [0.4, 0.5) is 0 Å². The second-order valence-corrected chi connectivity index (χ2v) is 20.2. The summed E-state index contributed by atoms with van der Waals surface area (Å²) in [5.41, 5.74) is 14.3. The highest BCUT2D eigenvalue weighted by atomic mass is 15.0. The van der Waals surface area contributed by atoms with Crippen molar-refractivity contribution in [1.82, 2.24) is 19.1 Å². The first-order chi connectivity index (χ1) is 26.3. The second-order valence-electron chi connectivity index (χ2n) is 20.2. The van der Waals surface area contributed by atoms with Crippen LogP contribution in [0.15, 0.2) is 109 Å². The minimum absolute atomic E-state index is 0.0514. The largest absolute Gasteiger partial charge is 0.308 e. The number of nitrogens with zero attached hydrogens (tertiary/aromatic N) is 4. The maximum Gasteiger partial charge on any atom is 0.0966 e. The summed E-state index contributed by atoms with van der Waals surface area (Å²) >= 11 is 0. The summed E-state index contributed by atoms with van der Waals surface area (Å²) in [5.74, 6) is 0. The average molecular weight is 735 g/mol. The van der Waals surface area contributed by atoms with Crippen molar-refractivity contribution in [3.05, 3.63) is 132 Å². The first kappa shape index (κ1) is 36.2. The van der Waals surface area contributed by atoms with Gasteiger partial charge < -0.3 is 9.13 Å². The molecule has 0 fully saturated rings. The summed E-state index contributed by atoms with van der Waals surface area (Å²) < 4.78 is 4.77. The van der Waals surface area contributed by atoms with Gasteiger partial charge in [0.25, 0.3) is 0 Å². The van der Waals surface area contributed by atoms with Crippen LogP contribution in [0.3, 0.4) is 0 Å². The Balaban J connectivity index is 1.20. The van der Waals surface area contributed by atoms with E-state index in [1.165, 1.54) is 65.9 Å². The molecule has 5 aromatic carbocycles. The molecule has 4 heteroatoms. The van der Waals surface area contributed by atoms with Gasteiger partial charge in [-0.25, -0.2) is 0 Å². The van der Waals surface area contributed by atoms with Gasteiger partial charge in [-0.05, 0) is 105 Å². The molecule has 4 nitrogen and oxygen atoms in total. The highest BCUT2D eigenvalue weighted by molar-refractivity contribution is 6.12. The zero-order chi connectivity index (χ0) is 39.7. The predicted molar refractivity (Wildman–Crippen MR) is 241 cm³/mol. The third kappa shape index (κ3) is 5.79. The zero-order valence-electron chi connectivity index (χ0n) is 35.2. The molecule has 56 heavy (non-hydrogen) atoms. The lowest BCUT2D eigenvalue weighted by Gasteiger charge is -2.19. The van der Waals surface area contributed by atoms with Crippen LogP contribution in [0.2, 0.25) is 0 Å². The smallest absolute Gasteiger partial charge is 0.0966 e. The Morgan fingerprint density at radius 3 is 0.857 bits per heavy atom. The number of hydrogen-bond acceptors (Lipinski definition) is 2. The van der Waals surface area contributed by atoms with Gasteiger partial charge in [-0.3, -0.25) is 9.97 Å². The molecule has 0 saturated heterocycles. The van der Waals surface area contributed by atoms with Crippen LogP contribution in [0.5, 0.6) is 0 Å². The molecule has 0 atom stereocenters. The van der Waals surface area contributed by atoms with Crippen molar-refractivity contribution in [2.45, 2.75) is 105 Å². The van der Waals surface area contributed by atoms with Gasteiger partial charge in [0.2, 0.25) is 0 Å². The summed E-state index contributed by atoms with van der Waals surface area (Å²) in [6.45, 7) is 27.5. The molecule has 0 saturated carbocycles. The molecule has 9 rings (SSSR count). The second kappa shape index (κ2) is 12.0. The van der Waals surface area contributed by atoms with E-state index in [0.717, 1.165) is 33.2 Å². The van der Waals surface area contributed by atoms with Crippen LogP contribution in [-0.4, -0.2) is 19.1 Å². The van der Waals surface area contributed by atoms with E-state index < -0.39 is 0 Å². The molecule has 0 aliphatic heterocycles. The van der Waals surface area contributed by atoms with Crippen LogP contribution >= 0.6 is 0 Å². The summed E-state index contributed by atoms with van der Waals surface area (Å²) in [7, 11) is 0. The Labute approximate surface area is 331 Å². The van der Waals surface area contributed by atoms with E-state index in [9.17, 15) is 0 Å². The molecular formula is C52H54N4. The molecule has 0 aliphatic rings. The fourth-order valence-corrected chi connectivity index (χ4v) is 8.48. The molecular weight excluding hydrogens is 681 g/mol. The van der Waals surface area contributed by atoms with Gasteiger partial charge in [-0.1, -0.05) is 119 Å². The van der Waals surface area contributed by atoms with Gasteiger partial charge in [-0.15, -0.1) is 0 Å². The fraction of sp³-hybridized carbons (Fsp3) is 0.308. The van der Waals surface area contributed by atoms with Crippen LogP contribution in [-0.2, 0) is 21.7 Å². The lowest BCUT2D eigenvalue weighted by Crippen LogP contribution is -2.10. The first-order valence-electron chi connectivity index (χ1n) is 20.2. The Bertz CT molecular complexity index is 2700. The topological polar surface area (TPSA) is 35.6 Å². The monoisotopic (exact) mass is 734 g/mol. The average Bonchev–Trinajstić information content (AvgIpc) is 3.64. The summed E-state index contributed by atoms with van der Waals surface area (Å²) in [6, 6.07) is 36.9. The van der Waals surface area contributed by atoms with Gasteiger partial charge in [-0.2, -0.15) is 0 Å². The van der Waals surface area contributed by atoms with Crippen molar-refractivity contribution in [3.63, 3.8) is 0 Å². The summed E-state index contributed by atoms with van der Waals surface area (Å²) in [6.07, 6.45) is 4.05. The van der Waals surface area contributed by atoms with Crippen LogP contribution in [0.25, 0.3) is 76.8 Å². The Morgan fingerprint density at radius 2 is 0.607 bits per heavy atom. The van der Waals surface area contributed by atoms with Crippen LogP contribution in [0, 0.1) is 0 Å².